The lowest BCUT2D eigenvalue weighted by atomic mass is 9.48. The third-order valence-electron chi connectivity index (χ3n) is 8.88. The Balaban J connectivity index is 1.24. The van der Waals surface area contributed by atoms with Crippen molar-refractivity contribution in [3.8, 4) is 0 Å². The summed E-state index contributed by atoms with van der Waals surface area (Å²) in [6, 6.07) is 29.1. The standard InChI is InChI=1S/C34H28N2O3/c1-19-16-20(2)18-22(17-19)35-31(37)21-12-14-23(15-13-21)36-32(38)30-28-24-8-4-6-10-26(24)29(34(30,3)33(36)39)27-11-7-5-9-25(27)28/h4-18,28-30H,1-3H3,(H,35,37)/t28?,29?,30-,34-/m1/s1. The van der Waals surface area contributed by atoms with E-state index in [-0.39, 0.29) is 29.6 Å². The number of hydrogen-bond donors (Lipinski definition) is 1. The smallest absolute Gasteiger partial charge is 0.255 e. The van der Waals surface area contributed by atoms with E-state index in [1.807, 2.05) is 57.2 Å². The minimum Gasteiger partial charge on any atom is -0.322 e. The van der Waals surface area contributed by atoms with Crippen LogP contribution in [0.1, 0.15) is 62.5 Å². The Hall–Kier alpha value is -4.51. The lowest BCUT2D eigenvalue weighted by molar-refractivity contribution is -0.128. The van der Waals surface area contributed by atoms with E-state index in [4.69, 9.17) is 0 Å². The minimum absolute atomic E-state index is 0.170. The molecule has 3 aliphatic carbocycles. The molecule has 2 bridgehead atoms. The molecule has 8 rings (SSSR count). The molecule has 4 aromatic rings. The largest absolute Gasteiger partial charge is 0.322 e. The maximum Gasteiger partial charge on any atom is 0.255 e. The maximum atomic E-state index is 14.2. The summed E-state index contributed by atoms with van der Waals surface area (Å²) in [7, 11) is 0. The average molecular weight is 513 g/mol. The molecule has 0 radical (unpaired) electrons. The minimum atomic E-state index is -0.885. The molecule has 5 nitrogen and oxygen atoms in total. The fourth-order valence-corrected chi connectivity index (χ4v) is 7.37. The first kappa shape index (κ1) is 23.6. The number of carbonyl (C=O) groups is 3. The Bertz CT molecular complexity index is 1640. The molecule has 39 heavy (non-hydrogen) atoms. The molecule has 2 atom stereocenters. The SMILES string of the molecule is Cc1cc(C)cc(NC(=O)c2ccc(N3C(=O)[C@H]4C5c6ccccc6C(c6ccccc65)[C@@]4(C)C3=O)cc2)c1. The molecule has 1 N–H and O–H groups in total. The maximum absolute atomic E-state index is 14.2. The zero-order valence-electron chi connectivity index (χ0n) is 22.1. The van der Waals surface area contributed by atoms with Crippen molar-refractivity contribution in [2.75, 3.05) is 10.2 Å². The van der Waals surface area contributed by atoms with Crippen LogP contribution in [-0.2, 0) is 9.59 Å². The van der Waals surface area contributed by atoms with Gasteiger partial charge in [0.25, 0.3) is 5.91 Å². The zero-order chi connectivity index (χ0) is 27.1. The summed E-state index contributed by atoms with van der Waals surface area (Å²) in [5.74, 6) is -1.43. The van der Waals surface area contributed by atoms with Crippen molar-refractivity contribution in [1.82, 2.24) is 0 Å². The molecule has 1 fully saturated rings. The van der Waals surface area contributed by atoms with Crippen molar-refractivity contribution >= 4 is 29.1 Å². The fourth-order valence-electron chi connectivity index (χ4n) is 7.37. The van der Waals surface area contributed by atoms with E-state index in [0.717, 1.165) is 39.1 Å². The van der Waals surface area contributed by atoms with Gasteiger partial charge in [0.05, 0.1) is 17.0 Å². The first-order valence-corrected chi connectivity index (χ1v) is 13.3. The molecule has 3 amide bonds. The predicted molar refractivity (Wildman–Crippen MR) is 151 cm³/mol. The van der Waals surface area contributed by atoms with Gasteiger partial charge in [-0.1, -0.05) is 54.6 Å². The highest BCUT2D eigenvalue weighted by Gasteiger charge is 2.68. The molecule has 0 unspecified atom stereocenters. The Labute approximate surface area is 227 Å². The molecule has 0 spiro atoms. The Morgan fingerprint density at radius 2 is 1.31 bits per heavy atom. The first-order chi connectivity index (χ1) is 18.8. The molecule has 0 aromatic heterocycles. The van der Waals surface area contributed by atoms with Crippen LogP contribution in [0, 0.1) is 25.2 Å². The number of carbonyl (C=O) groups excluding carboxylic acids is 3. The number of nitrogens with zero attached hydrogens (tertiary/aromatic N) is 1. The van der Waals surface area contributed by atoms with Crippen LogP contribution in [0.4, 0.5) is 11.4 Å². The van der Waals surface area contributed by atoms with E-state index in [1.165, 1.54) is 4.90 Å². The molecule has 1 heterocycles. The number of rotatable bonds is 3. The Kier molecular flexibility index (Phi) is 4.99. The van der Waals surface area contributed by atoms with Gasteiger partial charge in [-0.15, -0.1) is 0 Å². The van der Waals surface area contributed by atoms with Crippen LogP contribution in [-0.4, -0.2) is 17.7 Å². The number of imide groups is 1. The number of hydrogen-bond acceptors (Lipinski definition) is 3. The monoisotopic (exact) mass is 512 g/mol. The molecule has 1 saturated heterocycles. The first-order valence-electron chi connectivity index (χ1n) is 13.3. The summed E-state index contributed by atoms with van der Waals surface area (Å²) < 4.78 is 0. The second-order valence-corrected chi connectivity index (χ2v) is 11.3. The third kappa shape index (κ3) is 3.22. The van der Waals surface area contributed by atoms with E-state index in [9.17, 15) is 14.4 Å². The van der Waals surface area contributed by atoms with Gasteiger partial charge in [0.15, 0.2) is 0 Å². The number of aryl methyl sites for hydroxylation is 2. The van der Waals surface area contributed by atoms with Gasteiger partial charge in [0.2, 0.25) is 11.8 Å². The van der Waals surface area contributed by atoms with E-state index in [1.54, 1.807) is 24.3 Å². The number of benzene rings is 4. The summed E-state index contributed by atoms with van der Waals surface area (Å²) in [4.78, 5) is 42.6. The van der Waals surface area contributed by atoms with Gasteiger partial charge in [-0.25, -0.2) is 4.90 Å². The van der Waals surface area contributed by atoms with Crippen LogP contribution in [0.25, 0.3) is 0 Å². The highest BCUT2D eigenvalue weighted by molar-refractivity contribution is 6.25. The highest BCUT2D eigenvalue weighted by Crippen LogP contribution is 2.67. The van der Waals surface area contributed by atoms with Gasteiger partial charge in [-0.3, -0.25) is 14.4 Å². The average Bonchev–Trinajstić information content (AvgIpc) is 3.13. The third-order valence-corrected chi connectivity index (χ3v) is 8.88. The topological polar surface area (TPSA) is 66.5 Å². The van der Waals surface area contributed by atoms with Crippen molar-refractivity contribution in [2.24, 2.45) is 11.3 Å². The van der Waals surface area contributed by atoms with E-state index in [2.05, 4.69) is 35.6 Å². The van der Waals surface area contributed by atoms with Crippen LogP contribution in [0.15, 0.2) is 91.0 Å². The van der Waals surface area contributed by atoms with Gasteiger partial charge in [-0.05, 0) is 90.6 Å². The van der Waals surface area contributed by atoms with E-state index in [0.29, 0.717) is 11.3 Å². The lowest BCUT2D eigenvalue weighted by Gasteiger charge is -2.51. The second-order valence-electron chi connectivity index (χ2n) is 11.3. The molecule has 192 valence electrons. The summed E-state index contributed by atoms with van der Waals surface area (Å²) in [5, 5.41) is 2.95. The highest BCUT2D eigenvalue weighted by atomic mass is 16.2. The summed E-state index contributed by atoms with van der Waals surface area (Å²) >= 11 is 0. The Morgan fingerprint density at radius 1 is 0.769 bits per heavy atom. The predicted octanol–water partition coefficient (Wildman–Crippen LogP) is 6.34. The molecule has 5 heteroatoms. The number of amides is 3. The van der Waals surface area contributed by atoms with Gasteiger partial charge in [0, 0.05) is 23.1 Å². The van der Waals surface area contributed by atoms with Gasteiger partial charge >= 0.3 is 0 Å². The molecule has 0 saturated carbocycles. The van der Waals surface area contributed by atoms with Gasteiger partial charge in [0.1, 0.15) is 0 Å². The Morgan fingerprint density at radius 3 is 1.87 bits per heavy atom. The van der Waals surface area contributed by atoms with Crippen molar-refractivity contribution in [2.45, 2.75) is 32.6 Å². The normalized spacial score (nSPS) is 24.3. The van der Waals surface area contributed by atoms with Crippen LogP contribution >= 0.6 is 0 Å². The van der Waals surface area contributed by atoms with Gasteiger partial charge < -0.3 is 5.32 Å². The molecule has 4 aromatic carbocycles. The van der Waals surface area contributed by atoms with Crippen molar-refractivity contribution < 1.29 is 14.4 Å². The van der Waals surface area contributed by atoms with Crippen LogP contribution in [0.3, 0.4) is 0 Å². The quantitative estimate of drug-likeness (QED) is 0.326. The van der Waals surface area contributed by atoms with Gasteiger partial charge in [-0.2, -0.15) is 0 Å². The fraction of sp³-hybridized carbons (Fsp3) is 0.206. The number of nitrogens with one attached hydrogen (secondary N) is 1. The van der Waals surface area contributed by atoms with E-state index < -0.39 is 11.3 Å². The second kappa shape index (κ2) is 8.24. The van der Waals surface area contributed by atoms with Crippen LogP contribution in [0.5, 0.6) is 0 Å². The van der Waals surface area contributed by atoms with Crippen molar-refractivity contribution in [3.63, 3.8) is 0 Å². The number of anilines is 2. The molecular weight excluding hydrogens is 484 g/mol. The van der Waals surface area contributed by atoms with Crippen LogP contribution in [0.2, 0.25) is 0 Å². The van der Waals surface area contributed by atoms with Crippen molar-refractivity contribution in [1.29, 1.82) is 0 Å². The zero-order valence-corrected chi connectivity index (χ0v) is 22.1. The van der Waals surface area contributed by atoms with Crippen molar-refractivity contribution in [3.05, 3.63) is 130 Å². The molecule has 1 aliphatic heterocycles. The lowest BCUT2D eigenvalue weighted by Crippen LogP contribution is -2.49. The molecular formula is C34H28N2O3. The van der Waals surface area contributed by atoms with Crippen LogP contribution < -0.4 is 10.2 Å². The summed E-state index contributed by atoms with van der Waals surface area (Å²) in [5.41, 5.74) is 7.51. The van der Waals surface area contributed by atoms with E-state index >= 15 is 0 Å². The summed E-state index contributed by atoms with van der Waals surface area (Å²) in [6.45, 7) is 5.94. The summed E-state index contributed by atoms with van der Waals surface area (Å²) in [6.07, 6.45) is 0. The molecule has 4 aliphatic rings.